The molecule has 1 atom stereocenters. The molecule has 19 heavy (non-hydrogen) atoms. The summed E-state index contributed by atoms with van der Waals surface area (Å²) in [5, 5.41) is 9.83. The lowest BCUT2D eigenvalue weighted by Gasteiger charge is -2.16. The fourth-order valence-electron chi connectivity index (χ4n) is 2.11. The van der Waals surface area contributed by atoms with Crippen LogP contribution >= 0.6 is 11.3 Å². The van der Waals surface area contributed by atoms with Crippen molar-refractivity contribution in [3.05, 3.63) is 34.5 Å². The Morgan fingerprint density at radius 2 is 2.21 bits per heavy atom. The number of rotatable bonds is 7. The fourth-order valence-corrected chi connectivity index (χ4v) is 2.90. The molecule has 0 bridgehead atoms. The lowest BCUT2D eigenvalue weighted by atomic mass is 10.1. The molecule has 2 aromatic rings. The summed E-state index contributed by atoms with van der Waals surface area (Å²) in [5.41, 5.74) is 0. The van der Waals surface area contributed by atoms with Gasteiger partial charge in [-0.25, -0.2) is 9.67 Å². The molecule has 2 rings (SSSR count). The monoisotopic (exact) mass is 278 g/mol. The summed E-state index contributed by atoms with van der Waals surface area (Å²) in [4.78, 5) is 5.81. The van der Waals surface area contributed by atoms with Crippen LogP contribution in [0.25, 0.3) is 0 Å². The predicted octanol–water partition coefficient (Wildman–Crippen LogP) is 2.37. The molecule has 0 spiro atoms. The Balaban J connectivity index is 2.00. The van der Waals surface area contributed by atoms with E-state index in [0.717, 1.165) is 25.2 Å². The maximum atomic E-state index is 4.40. The first kappa shape index (κ1) is 14.2. The van der Waals surface area contributed by atoms with Gasteiger partial charge in [0.15, 0.2) is 0 Å². The van der Waals surface area contributed by atoms with Crippen molar-refractivity contribution >= 4 is 11.3 Å². The minimum atomic E-state index is 0.411. The Morgan fingerprint density at radius 1 is 1.37 bits per heavy atom. The highest BCUT2D eigenvalue weighted by atomic mass is 32.1. The number of hydrogen-bond donors (Lipinski definition) is 1. The summed E-state index contributed by atoms with van der Waals surface area (Å²) < 4.78 is 2.03. The van der Waals surface area contributed by atoms with Crippen molar-refractivity contribution in [3.8, 4) is 0 Å². The van der Waals surface area contributed by atoms with Gasteiger partial charge in [0.05, 0.1) is 0 Å². The molecule has 0 fully saturated rings. The second-order valence-corrected chi connectivity index (χ2v) is 6.26. The molecule has 5 heteroatoms. The van der Waals surface area contributed by atoms with E-state index in [1.54, 1.807) is 6.33 Å². The molecular weight excluding hydrogens is 256 g/mol. The molecule has 1 N–H and O–H groups in total. The second-order valence-electron chi connectivity index (χ2n) is 5.23. The zero-order valence-corrected chi connectivity index (χ0v) is 12.7. The van der Waals surface area contributed by atoms with Gasteiger partial charge in [-0.2, -0.15) is 5.10 Å². The molecule has 0 aliphatic heterocycles. The van der Waals surface area contributed by atoms with Crippen LogP contribution in [0.1, 0.15) is 24.5 Å². The molecular formula is C14H22N4S. The van der Waals surface area contributed by atoms with Gasteiger partial charge in [0.25, 0.3) is 0 Å². The van der Waals surface area contributed by atoms with Gasteiger partial charge in [-0.3, -0.25) is 0 Å². The number of nitrogens with zero attached hydrogens (tertiary/aromatic N) is 3. The average Bonchev–Trinajstić information content (AvgIpc) is 3.00. The van der Waals surface area contributed by atoms with E-state index < -0.39 is 0 Å². The summed E-state index contributed by atoms with van der Waals surface area (Å²) in [5.74, 6) is 1.66. The normalized spacial score (nSPS) is 13.1. The van der Waals surface area contributed by atoms with Crippen molar-refractivity contribution in [3.63, 3.8) is 0 Å². The lowest BCUT2D eigenvalue weighted by Crippen LogP contribution is -2.31. The molecule has 1 unspecified atom stereocenters. The van der Waals surface area contributed by atoms with Crippen LogP contribution in [0.5, 0.6) is 0 Å². The second kappa shape index (κ2) is 6.82. The van der Waals surface area contributed by atoms with Gasteiger partial charge >= 0.3 is 0 Å². The molecule has 2 heterocycles. The Kier molecular flexibility index (Phi) is 5.10. The van der Waals surface area contributed by atoms with Crippen LogP contribution in [0.3, 0.4) is 0 Å². The number of aromatic nitrogens is 3. The Labute approximate surface area is 118 Å². The van der Waals surface area contributed by atoms with E-state index in [-0.39, 0.29) is 0 Å². The van der Waals surface area contributed by atoms with E-state index in [1.165, 1.54) is 4.88 Å². The standard InChI is InChI=1S/C14H22N4S/c1-11(2)9-18-14(16-10-17-18)8-12(15-3)7-13-5-4-6-19-13/h4-6,10-12,15H,7-9H2,1-3H3. The highest BCUT2D eigenvalue weighted by Gasteiger charge is 2.14. The molecule has 0 aliphatic rings. The number of nitrogens with one attached hydrogen (secondary N) is 1. The maximum absolute atomic E-state index is 4.40. The Bertz CT molecular complexity index is 475. The third kappa shape index (κ3) is 4.14. The molecule has 4 nitrogen and oxygen atoms in total. The van der Waals surface area contributed by atoms with Gasteiger partial charge in [-0.1, -0.05) is 19.9 Å². The van der Waals surface area contributed by atoms with Gasteiger partial charge < -0.3 is 5.32 Å². The first-order valence-electron chi connectivity index (χ1n) is 6.75. The topological polar surface area (TPSA) is 42.7 Å². The van der Waals surface area contributed by atoms with Gasteiger partial charge in [-0.05, 0) is 30.8 Å². The minimum Gasteiger partial charge on any atom is -0.316 e. The summed E-state index contributed by atoms with van der Waals surface area (Å²) in [6.45, 7) is 5.34. The lowest BCUT2D eigenvalue weighted by molar-refractivity contribution is 0.448. The zero-order valence-electron chi connectivity index (χ0n) is 11.8. The van der Waals surface area contributed by atoms with E-state index in [1.807, 2.05) is 23.1 Å². The quantitative estimate of drug-likeness (QED) is 0.845. The minimum absolute atomic E-state index is 0.411. The van der Waals surface area contributed by atoms with Crippen molar-refractivity contribution < 1.29 is 0 Å². The molecule has 2 aromatic heterocycles. The summed E-state index contributed by atoms with van der Waals surface area (Å²) in [6.07, 6.45) is 3.62. The predicted molar refractivity (Wildman–Crippen MR) is 79.4 cm³/mol. The SMILES string of the molecule is CNC(Cc1cccs1)Cc1ncnn1CC(C)C. The average molecular weight is 278 g/mol. The van der Waals surface area contributed by atoms with Crippen molar-refractivity contribution in [2.24, 2.45) is 5.92 Å². The Hall–Kier alpha value is -1.20. The van der Waals surface area contributed by atoms with Crippen LogP contribution in [0.4, 0.5) is 0 Å². The van der Waals surface area contributed by atoms with E-state index in [9.17, 15) is 0 Å². The third-order valence-electron chi connectivity index (χ3n) is 3.10. The number of hydrogen-bond acceptors (Lipinski definition) is 4. The zero-order chi connectivity index (χ0) is 13.7. The molecule has 0 saturated carbocycles. The van der Waals surface area contributed by atoms with Gasteiger partial charge in [0.1, 0.15) is 12.2 Å². The van der Waals surface area contributed by atoms with Crippen LogP contribution in [0, 0.1) is 5.92 Å². The van der Waals surface area contributed by atoms with Gasteiger partial charge in [-0.15, -0.1) is 11.3 Å². The summed E-state index contributed by atoms with van der Waals surface area (Å²) >= 11 is 1.81. The van der Waals surface area contributed by atoms with Crippen LogP contribution in [0.2, 0.25) is 0 Å². The molecule has 0 amide bonds. The Morgan fingerprint density at radius 3 is 2.84 bits per heavy atom. The van der Waals surface area contributed by atoms with E-state index in [0.29, 0.717) is 12.0 Å². The molecule has 0 aliphatic carbocycles. The molecule has 0 saturated heterocycles. The van der Waals surface area contributed by atoms with Gasteiger partial charge in [0.2, 0.25) is 0 Å². The number of likely N-dealkylation sites (N-methyl/N-ethyl adjacent to an activating group) is 1. The first-order chi connectivity index (χ1) is 9.19. The van der Waals surface area contributed by atoms with E-state index in [4.69, 9.17) is 0 Å². The fraction of sp³-hybridized carbons (Fsp3) is 0.571. The highest BCUT2D eigenvalue weighted by Crippen LogP contribution is 2.13. The maximum Gasteiger partial charge on any atom is 0.138 e. The van der Waals surface area contributed by atoms with Crippen molar-refractivity contribution in [2.45, 2.75) is 39.3 Å². The van der Waals surface area contributed by atoms with Crippen molar-refractivity contribution in [2.75, 3.05) is 7.05 Å². The molecule has 0 aromatic carbocycles. The first-order valence-corrected chi connectivity index (χ1v) is 7.63. The molecule has 0 radical (unpaired) electrons. The third-order valence-corrected chi connectivity index (χ3v) is 4.00. The van der Waals surface area contributed by atoms with Crippen molar-refractivity contribution in [1.29, 1.82) is 0 Å². The van der Waals surface area contributed by atoms with E-state index in [2.05, 4.69) is 46.8 Å². The summed E-state index contributed by atoms with van der Waals surface area (Å²) in [6, 6.07) is 4.70. The van der Waals surface area contributed by atoms with Crippen LogP contribution < -0.4 is 5.32 Å². The smallest absolute Gasteiger partial charge is 0.138 e. The van der Waals surface area contributed by atoms with Crippen LogP contribution in [-0.4, -0.2) is 27.9 Å². The molecule has 104 valence electrons. The van der Waals surface area contributed by atoms with Crippen molar-refractivity contribution in [1.82, 2.24) is 20.1 Å². The van der Waals surface area contributed by atoms with E-state index >= 15 is 0 Å². The summed E-state index contributed by atoms with van der Waals surface area (Å²) in [7, 11) is 2.02. The van der Waals surface area contributed by atoms with Crippen LogP contribution in [-0.2, 0) is 19.4 Å². The largest absolute Gasteiger partial charge is 0.316 e. The van der Waals surface area contributed by atoms with Gasteiger partial charge in [0, 0.05) is 23.9 Å². The highest BCUT2D eigenvalue weighted by molar-refractivity contribution is 7.09. The number of thiophene rings is 1. The van der Waals surface area contributed by atoms with Crippen LogP contribution in [0.15, 0.2) is 23.8 Å².